The first-order valence-corrected chi connectivity index (χ1v) is 9.26. The average Bonchev–Trinajstić information content (AvgIpc) is 3.32. The number of benzene rings is 2. The quantitative estimate of drug-likeness (QED) is 0.605. The van der Waals surface area contributed by atoms with E-state index in [4.69, 9.17) is 20.9 Å². The summed E-state index contributed by atoms with van der Waals surface area (Å²) in [7, 11) is 0. The van der Waals surface area contributed by atoms with E-state index in [0.29, 0.717) is 29.1 Å². The standard InChI is InChI=1S/C20H20ClN3O2/c1-2-3-10-25-18-7-5-15(12-16(18)21)20-23-19(24-26-20)14-4-6-17-13(11-14)8-9-22-17/h4-7,11-12,22H,2-3,8-10H2,1H3. The highest BCUT2D eigenvalue weighted by Gasteiger charge is 2.15. The summed E-state index contributed by atoms with van der Waals surface area (Å²) in [6, 6.07) is 11.7. The van der Waals surface area contributed by atoms with Crippen LogP contribution in [-0.4, -0.2) is 23.3 Å². The van der Waals surface area contributed by atoms with Crippen LogP contribution in [0.25, 0.3) is 22.8 Å². The van der Waals surface area contributed by atoms with Gasteiger partial charge in [0.1, 0.15) is 5.75 Å². The normalized spacial score (nSPS) is 12.7. The lowest BCUT2D eigenvalue weighted by atomic mass is 10.1. The maximum Gasteiger partial charge on any atom is 0.258 e. The zero-order chi connectivity index (χ0) is 17.9. The number of fused-ring (bicyclic) bond motifs is 1. The summed E-state index contributed by atoms with van der Waals surface area (Å²) in [5, 5.41) is 8.01. The molecule has 5 nitrogen and oxygen atoms in total. The van der Waals surface area contributed by atoms with E-state index in [-0.39, 0.29) is 0 Å². The lowest BCUT2D eigenvalue weighted by molar-refractivity contribution is 0.309. The van der Waals surface area contributed by atoms with E-state index >= 15 is 0 Å². The van der Waals surface area contributed by atoms with E-state index in [1.54, 1.807) is 6.07 Å². The van der Waals surface area contributed by atoms with Crippen LogP contribution in [0.1, 0.15) is 25.3 Å². The molecule has 0 fully saturated rings. The number of hydrogen-bond donors (Lipinski definition) is 1. The molecule has 0 saturated heterocycles. The molecule has 26 heavy (non-hydrogen) atoms. The molecule has 0 unspecified atom stereocenters. The zero-order valence-corrected chi connectivity index (χ0v) is 15.3. The van der Waals surface area contributed by atoms with Gasteiger partial charge in [0.15, 0.2) is 0 Å². The van der Waals surface area contributed by atoms with Crippen molar-refractivity contribution in [2.24, 2.45) is 0 Å². The van der Waals surface area contributed by atoms with Crippen molar-refractivity contribution in [2.45, 2.75) is 26.2 Å². The van der Waals surface area contributed by atoms with Crippen molar-refractivity contribution in [3.8, 4) is 28.6 Å². The van der Waals surface area contributed by atoms with Crippen molar-refractivity contribution >= 4 is 17.3 Å². The molecule has 3 aromatic rings. The predicted octanol–water partition coefficient (Wildman–Crippen LogP) is 5.20. The van der Waals surface area contributed by atoms with Crippen molar-refractivity contribution in [3.63, 3.8) is 0 Å². The van der Waals surface area contributed by atoms with Crippen molar-refractivity contribution in [2.75, 3.05) is 18.5 Å². The largest absolute Gasteiger partial charge is 0.492 e. The fraction of sp³-hybridized carbons (Fsp3) is 0.300. The Hall–Kier alpha value is -2.53. The fourth-order valence-electron chi connectivity index (χ4n) is 2.98. The molecule has 0 atom stereocenters. The van der Waals surface area contributed by atoms with Crippen LogP contribution in [0, 0.1) is 0 Å². The van der Waals surface area contributed by atoms with Crippen LogP contribution in [0.2, 0.25) is 5.02 Å². The minimum Gasteiger partial charge on any atom is -0.492 e. The van der Waals surface area contributed by atoms with Crippen molar-refractivity contribution < 1.29 is 9.26 Å². The summed E-state index contributed by atoms with van der Waals surface area (Å²) < 4.78 is 11.1. The van der Waals surface area contributed by atoms with Crippen molar-refractivity contribution in [1.82, 2.24) is 10.1 Å². The van der Waals surface area contributed by atoms with Gasteiger partial charge in [-0.2, -0.15) is 4.98 Å². The van der Waals surface area contributed by atoms with Crippen molar-refractivity contribution in [1.29, 1.82) is 0 Å². The molecule has 1 aliphatic heterocycles. The number of halogens is 1. The molecule has 4 rings (SSSR count). The Labute approximate surface area is 157 Å². The summed E-state index contributed by atoms with van der Waals surface area (Å²) >= 11 is 6.32. The van der Waals surface area contributed by atoms with Crippen LogP contribution in [0.4, 0.5) is 5.69 Å². The molecule has 1 N–H and O–H groups in total. The number of unbranched alkanes of at least 4 members (excludes halogenated alkanes) is 1. The van der Waals surface area contributed by atoms with Gasteiger partial charge in [0.25, 0.3) is 5.89 Å². The lowest BCUT2D eigenvalue weighted by Crippen LogP contribution is -1.97. The first-order valence-electron chi connectivity index (χ1n) is 8.88. The molecule has 134 valence electrons. The van der Waals surface area contributed by atoms with E-state index in [9.17, 15) is 0 Å². The van der Waals surface area contributed by atoms with Gasteiger partial charge in [0.2, 0.25) is 5.82 Å². The summed E-state index contributed by atoms with van der Waals surface area (Å²) in [4.78, 5) is 4.52. The SMILES string of the molecule is CCCCOc1ccc(-c2nc(-c3ccc4c(c3)CCN4)no2)cc1Cl. The average molecular weight is 370 g/mol. The molecule has 2 heterocycles. The number of nitrogens with one attached hydrogen (secondary N) is 1. The van der Waals surface area contributed by atoms with Crippen LogP contribution >= 0.6 is 11.6 Å². The van der Waals surface area contributed by atoms with Gasteiger partial charge in [-0.1, -0.05) is 30.1 Å². The Morgan fingerprint density at radius 1 is 1.19 bits per heavy atom. The monoisotopic (exact) mass is 369 g/mol. The highest BCUT2D eigenvalue weighted by atomic mass is 35.5. The second kappa shape index (κ2) is 7.38. The molecule has 6 heteroatoms. The van der Waals surface area contributed by atoms with Gasteiger partial charge in [-0.15, -0.1) is 0 Å². The second-order valence-corrected chi connectivity index (χ2v) is 6.73. The summed E-state index contributed by atoms with van der Waals surface area (Å²) in [5.41, 5.74) is 4.20. The van der Waals surface area contributed by atoms with Gasteiger partial charge in [-0.3, -0.25) is 0 Å². The minimum absolute atomic E-state index is 0.445. The van der Waals surface area contributed by atoms with Crippen LogP contribution in [-0.2, 0) is 6.42 Å². The Balaban J connectivity index is 1.55. The first kappa shape index (κ1) is 16.9. The molecular formula is C20H20ClN3O2. The Morgan fingerprint density at radius 3 is 2.92 bits per heavy atom. The predicted molar refractivity (Wildman–Crippen MR) is 103 cm³/mol. The van der Waals surface area contributed by atoms with Crippen LogP contribution in [0.5, 0.6) is 5.75 Å². The van der Waals surface area contributed by atoms with Gasteiger partial charge in [0, 0.05) is 23.4 Å². The van der Waals surface area contributed by atoms with Crippen LogP contribution < -0.4 is 10.1 Å². The Bertz CT molecular complexity index is 923. The van der Waals surface area contributed by atoms with Gasteiger partial charge in [0.05, 0.1) is 11.6 Å². The fourth-order valence-corrected chi connectivity index (χ4v) is 3.21. The molecule has 1 aliphatic rings. The topological polar surface area (TPSA) is 60.2 Å². The molecule has 0 spiro atoms. The van der Waals surface area contributed by atoms with E-state index < -0.39 is 0 Å². The van der Waals surface area contributed by atoms with Gasteiger partial charge in [-0.25, -0.2) is 0 Å². The number of aromatic nitrogens is 2. The van der Waals surface area contributed by atoms with Gasteiger partial charge in [-0.05, 0) is 54.8 Å². The van der Waals surface area contributed by atoms with Crippen molar-refractivity contribution in [3.05, 3.63) is 47.0 Å². The molecule has 1 aromatic heterocycles. The molecular weight excluding hydrogens is 350 g/mol. The third kappa shape index (κ3) is 3.40. The molecule has 2 aromatic carbocycles. The zero-order valence-electron chi connectivity index (χ0n) is 14.6. The molecule has 0 aliphatic carbocycles. The van der Waals surface area contributed by atoms with Crippen LogP contribution in [0.15, 0.2) is 40.9 Å². The summed E-state index contributed by atoms with van der Waals surface area (Å²) in [6.07, 6.45) is 3.10. The van der Waals surface area contributed by atoms with Crippen LogP contribution in [0.3, 0.4) is 0 Å². The van der Waals surface area contributed by atoms with E-state index in [1.165, 1.54) is 11.3 Å². The molecule has 0 amide bonds. The van der Waals surface area contributed by atoms with E-state index in [1.807, 2.05) is 18.2 Å². The number of hydrogen-bond acceptors (Lipinski definition) is 5. The lowest BCUT2D eigenvalue weighted by Gasteiger charge is -2.07. The van der Waals surface area contributed by atoms with Gasteiger partial charge >= 0.3 is 0 Å². The molecule has 0 saturated carbocycles. The highest BCUT2D eigenvalue weighted by Crippen LogP contribution is 2.32. The Morgan fingerprint density at radius 2 is 2.08 bits per heavy atom. The smallest absolute Gasteiger partial charge is 0.258 e. The number of rotatable bonds is 6. The second-order valence-electron chi connectivity index (χ2n) is 6.32. The molecule has 0 bridgehead atoms. The Kier molecular flexibility index (Phi) is 4.80. The number of ether oxygens (including phenoxy) is 1. The third-order valence-corrected chi connectivity index (χ3v) is 4.73. The first-order chi connectivity index (χ1) is 12.7. The third-order valence-electron chi connectivity index (χ3n) is 4.43. The summed E-state index contributed by atoms with van der Waals surface area (Å²) in [6.45, 7) is 3.76. The number of anilines is 1. The maximum absolute atomic E-state index is 6.32. The number of nitrogens with zero attached hydrogens (tertiary/aromatic N) is 2. The molecule has 0 radical (unpaired) electrons. The summed E-state index contributed by atoms with van der Waals surface area (Å²) in [5.74, 6) is 1.70. The van der Waals surface area contributed by atoms with E-state index in [0.717, 1.165) is 36.9 Å². The van der Waals surface area contributed by atoms with Gasteiger partial charge < -0.3 is 14.6 Å². The maximum atomic E-state index is 6.32. The van der Waals surface area contributed by atoms with E-state index in [2.05, 4.69) is 34.5 Å². The minimum atomic E-state index is 0.445. The highest BCUT2D eigenvalue weighted by molar-refractivity contribution is 6.32.